The minimum atomic E-state index is -0.949. The second-order valence-electron chi connectivity index (χ2n) is 5.30. The predicted octanol–water partition coefficient (Wildman–Crippen LogP) is 2.99. The molecule has 0 heterocycles. The van der Waals surface area contributed by atoms with E-state index >= 15 is 0 Å². The first-order valence-electron chi connectivity index (χ1n) is 6.16. The van der Waals surface area contributed by atoms with Crippen molar-refractivity contribution in [1.29, 1.82) is 0 Å². The third-order valence-corrected chi connectivity index (χ3v) is 2.91. The number of carboxylic acid groups (broad SMARTS) is 1. The van der Waals surface area contributed by atoms with Gasteiger partial charge in [-0.25, -0.2) is 4.79 Å². The van der Waals surface area contributed by atoms with Gasteiger partial charge in [-0.3, -0.25) is 4.90 Å². The SMILES string of the molecule is CCc1ccc(N(C(=O)O)C(C)(C)C)cc1CN. The van der Waals surface area contributed by atoms with E-state index in [1.54, 1.807) is 0 Å². The summed E-state index contributed by atoms with van der Waals surface area (Å²) in [5, 5.41) is 9.35. The Morgan fingerprint density at radius 2 is 1.94 bits per heavy atom. The van der Waals surface area contributed by atoms with Crippen LogP contribution >= 0.6 is 0 Å². The summed E-state index contributed by atoms with van der Waals surface area (Å²) in [5.41, 5.74) is 8.08. The number of hydrogen-bond donors (Lipinski definition) is 2. The van der Waals surface area contributed by atoms with Crippen LogP contribution in [-0.2, 0) is 13.0 Å². The Labute approximate surface area is 108 Å². The van der Waals surface area contributed by atoms with Crippen molar-refractivity contribution in [2.24, 2.45) is 5.73 Å². The van der Waals surface area contributed by atoms with Gasteiger partial charge < -0.3 is 10.8 Å². The average molecular weight is 250 g/mol. The molecule has 1 amide bonds. The number of nitrogens with zero attached hydrogens (tertiary/aromatic N) is 1. The van der Waals surface area contributed by atoms with Gasteiger partial charge in [0.1, 0.15) is 0 Å². The highest BCUT2D eigenvalue weighted by Gasteiger charge is 2.28. The molecule has 0 aromatic heterocycles. The fourth-order valence-corrected chi connectivity index (χ4v) is 2.07. The molecule has 0 bridgehead atoms. The topological polar surface area (TPSA) is 66.6 Å². The summed E-state index contributed by atoms with van der Waals surface area (Å²) in [6, 6.07) is 5.68. The number of aryl methyl sites for hydroxylation is 1. The molecule has 0 fully saturated rings. The first-order valence-corrected chi connectivity index (χ1v) is 6.16. The molecule has 4 nitrogen and oxygen atoms in total. The highest BCUT2D eigenvalue weighted by atomic mass is 16.4. The third-order valence-electron chi connectivity index (χ3n) is 2.91. The van der Waals surface area contributed by atoms with Crippen molar-refractivity contribution >= 4 is 11.8 Å². The van der Waals surface area contributed by atoms with Crippen molar-refractivity contribution in [1.82, 2.24) is 0 Å². The molecule has 1 rings (SSSR count). The molecule has 0 aliphatic heterocycles. The van der Waals surface area contributed by atoms with E-state index in [-0.39, 0.29) is 0 Å². The summed E-state index contributed by atoms with van der Waals surface area (Å²) < 4.78 is 0. The van der Waals surface area contributed by atoms with Crippen LogP contribution < -0.4 is 10.6 Å². The van der Waals surface area contributed by atoms with Gasteiger partial charge >= 0.3 is 6.09 Å². The van der Waals surface area contributed by atoms with Crippen LogP contribution in [0, 0.1) is 0 Å². The van der Waals surface area contributed by atoms with Crippen molar-refractivity contribution in [2.75, 3.05) is 4.90 Å². The Bertz CT molecular complexity index is 436. The zero-order valence-electron chi connectivity index (χ0n) is 11.5. The van der Waals surface area contributed by atoms with Crippen LogP contribution in [0.2, 0.25) is 0 Å². The molecule has 0 atom stereocenters. The van der Waals surface area contributed by atoms with Gasteiger partial charge in [-0.15, -0.1) is 0 Å². The first-order chi connectivity index (χ1) is 8.31. The van der Waals surface area contributed by atoms with E-state index in [9.17, 15) is 9.90 Å². The second-order valence-corrected chi connectivity index (χ2v) is 5.30. The van der Waals surface area contributed by atoms with Gasteiger partial charge in [-0.05, 0) is 50.5 Å². The standard InChI is InChI=1S/C14H22N2O2/c1-5-10-6-7-12(8-11(10)9-15)16(13(17)18)14(2,3)4/h6-8H,5,9,15H2,1-4H3,(H,17,18). The fourth-order valence-electron chi connectivity index (χ4n) is 2.07. The van der Waals surface area contributed by atoms with Crippen LogP contribution in [0.25, 0.3) is 0 Å². The lowest BCUT2D eigenvalue weighted by atomic mass is 10.0. The Balaban J connectivity index is 3.26. The van der Waals surface area contributed by atoms with E-state index in [0.29, 0.717) is 12.2 Å². The van der Waals surface area contributed by atoms with E-state index < -0.39 is 11.6 Å². The van der Waals surface area contributed by atoms with Crippen LogP contribution in [0.4, 0.5) is 10.5 Å². The number of nitrogens with two attached hydrogens (primary N) is 1. The molecule has 0 aliphatic carbocycles. The molecule has 3 N–H and O–H groups in total. The van der Waals surface area contributed by atoms with Crippen molar-refractivity contribution < 1.29 is 9.90 Å². The first kappa shape index (κ1) is 14.5. The maximum atomic E-state index is 11.4. The predicted molar refractivity (Wildman–Crippen MR) is 74.0 cm³/mol. The number of hydrogen-bond acceptors (Lipinski definition) is 2. The van der Waals surface area contributed by atoms with Crippen LogP contribution in [0.3, 0.4) is 0 Å². The molecule has 0 spiro atoms. The number of rotatable bonds is 3. The summed E-state index contributed by atoms with van der Waals surface area (Å²) in [7, 11) is 0. The molecule has 4 heteroatoms. The van der Waals surface area contributed by atoms with Gasteiger partial charge in [0.15, 0.2) is 0 Å². The highest BCUT2D eigenvalue weighted by Crippen LogP contribution is 2.26. The summed E-state index contributed by atoms with van der Waals surface area (Å²) in [5.74, 6) is 0. The van der Waals surface area contributed by atoms with Gasteiger partial charge in [0.05, 0.1) is 0 Å². The molecule has 18 heavy (non-hydrogen) atoms. The fraction of sp³-hybridized carbons (Fsp3) is 0.500. The number of amides is 1. The van der Waals surface area contributed by atoms with Gasteiger partial charge in [-0.2, -0.15) is 0 Å². The lowest BCUT2D eigenvalue weighted by molar-refractivity contribution is 0.195. The average Bonchev–Trinajstić information content (AvgIpc) is 2.26. The number of carbonyl (C=O) groups is 1. The monoisotopic (exact) mass is 250 g/mol. The zero-order valence-corrected chi connectivity index (χ0v) is 11.5. The molecular formula is C14H22N2O2. The minimum Gasteiger partial charge on any atom is -0.465 e. The lowest BCUT2D eigenvalue weighted by Gasteiger charge is -2.33. The van der Waals surface area contributed by atoms with Crippen molar-refractivity contribution in [3.8, 4) is 0 Å². The summed E-state index contributed by atoms with van der Waals surface area (Å²) >= 11 is 0. The second kappa shape index (κ2) is 5.40. The highest BCUT2D eigenvalue weighted by molar-refractivity contribution is 5.87. The lowest BCUT2D eigenvalue weighted by Crippen LogP contribution is -2.45. The van der Waals surface area contributed by atoms with Crippen molar-refractivity contribution in [3.05, 3.63) is 29.3 Å². The zero-order chi connectivity index (χ0) is 13.9. The Morgan fingerprint density at radius 1 is 1.33 bits per heavy atom. The molecule has 0 radical (unpaired) electrons. The molecule has 0 saturated carbocycles. The number of anilines is 1. The van der Waals surface area contributed by atoms with Crippen LogP contribution in [-0.4, -0.2) is 16.7 Å². The minimum absolute atomic E-state index is 0.425. The van der Waals surface area contributed by atoms with Gasteiger partial charge in [0.25, 0.3) is 0 Å². The van der Waals surface area contributed by atoms with Crippen LogP contribution in [0.5, 0.6) is 0 Å². The molecule has 1 aromatic carbocycles. The molecule has 1 aromatic rings. The largest absolute Gasteiger partial charge is 0.465 e. The van der Waals surface area contributed by atoms with Crippen LogP contribution in [0.1, 0.15) is 38.8 Å². The summed E-state index contributed by atoms with van der Waals surface area (Å²) in [6.07, 6.45) is -0.0511. The van der Waals surface area contributed by atoms with E-state index in [2.05, 4.69) is 6.92 Å². The Kier molecular flexibility index (Phi) is 4.35. The maximum Gasteiger partial charge on any atom is 0.412 e. The third kappa shape index (κ3) is 3.01. The van der Waals surface area contributed by atoms with E-state index in [1.165, 1.54) is 10.5 Å². The van der Waals surface area contributed by atoms with E-state index in [1.807, 2.05) is 39.0 Å². The molecular weight excluding hydrogens is 228 g/mol. The van der Waals surface area contributed by atoms with Gasteiger partial charge in [0, 0.05) is 17.8 Å². The van der Waals surface area contributed by atoms with Crippen molar-refractivity contribution in [3.63, 3.8) is 0 Å². The number of benzene rings is 1. The van der Waals surface area contributed by atoms with Crippen molar-refractivity contribution in [2.45, 2.75) is 46.2 Å². The van der Waals surface area contributed by atoms with E-state index in [4.69, 9.17) is 5.73 Å². The summed E-state index contributed by atoms with van der Waals surface area (Å²) in [4.78, 5) is 12.8. The molecule has 0 saturated heterocycles. The van der Waals surface area contributed by atoms with Gasteiger partial charge in [-0.1, -0.05) is 13.0 Å². The van der Waals surface area contributed by atoms with Gasteiger partial charge in [0.2, 0.25) is 0 Å². The summed E-state index contributed by atoms with van der Waals surface area (Å²) in [6.45, 7) is 8.10. The maximum absolute atomic E-state index is 11.4. The Morgan fingerprint density at radius 3 is 2.33 bits per heavy atom. The quantitative estimate of drug-likeness (QED) is 0.866. The molecule has 0 aliphatic rings. The Hall–Kier alpha value is -1.55. The van der Waals surface area contributed by atoms with E-state index in [0.717, 1.165) is 12.0 Å². The normalized spacial score (nSPS) is 11.4. The molecule has 100 valence electrons. The molecule has 0 unspecified atom stereocenters. The smallest absolute Gasteiger partial charge is 0.412 e. The van der Waals surface area contributed by atoms with Crippen LogP contribution in [0.15, 0.2) is 18.2 Å².